The van der Waals surface area contributed by atoms with Crippen LogP contribution in [0.2, 0.25) is 0 Å². The number of furan rings is 1. The van der Waals surface area contributed by atoms with Crippen molar-refractivity contribution in [2.24, 2.45) is 0 Å². The number of benzene rings is 1. The van der Waals surface area contributed by atoms with Crippen LogP contribution in [0.4, 0.5) is 4.39 Å². The third-order valence-electron chi connectivity index (χ3n) is 2.58. The first-order valence-corrected chi connectivity index (χ1v) is 7.57. The molecule has 2 rings (SSSR count). The molecule has 1 aromatic carbocycles. The lowest BCUT2D eigenvalue weighted by Crippen LogP contribution is -2.26. The first-order chi connectivity index (χ1) is 8.91. The van der Waals surface area contributed by atoms with E-state index in [2.05, 4.69) is 15.9 Å². The molecule has 0 amide bonds. The summed E-state index contributed by atoms with van der Waals surface area (Å²) >= 11 is 2.99. The molecule has 0 atom stereocenters. The van der Waals surface area contributed by atoms with Gasteiger partial charge in [-0.1, -0.05) is 0 Å². The van der Waals surface area contributed by atoms with E-state index in [9.17, 15) is 12.8 Å². The fraction of sp³-hybridized carbons (Fsp3) is 0.167. The highest BCUT2D eigenvalue weighted by Gasteiger charge is 2.22. The van der Waals surface area contributed by atoms with Gasteiger partial charge in [0, 0.05) is 19.2 Å². The van der Waals surface area contributed by atoms with E-state index in [0.717, 1.165) is 15.9 Å². The zero-order chi connectivity index (χ0) is 14.0. The number of hydrogen-bond donors (Lipinski definition) is 0. The van der Waals surface area contributed by atoms with Gasteiger partial charge in [0.2, 0.25) is 10.0 Å². The predicted molar refractivity (Wildman–Crippen MR) is 71.5 cm³/mol. The topological polar surface area (TPSA) is 50.5 Å². The molecule has 0 N–H and O–H groups in total. The Morgan fingerprint density at radius 3 is 2.68 bits per heavy atom. The molecule has 1 heterocycles. The number of nitrogens with zero attached hydrogens (tertiary/aromatic N) is 1. The molecule has 2 aromatic rings. The molecule has 0 fully saturated rings. The summed E-state index contributed by atoms with van der Waals surface area (Å²) < 4.78 is 44.1. The van der Waals surface area contributed by atoms with Crippen LogP contribution in [0.1, 0.15) is 5.56 Å². The van der Waals surface area contributed by atoms with Gasteiger partial charge in [0.25, 0.3) is 0 Å². The molecule has 0 aliphatic rings. The summed E-state index contributed by atoms with van der Waals surface area (Å²) in [5, 5.41) is 0. The van der Waals surface area contributed by atoms with Crippen molar-refractivity contribution in [3.05, 3.63) is 52.6 Å². The standard InChI is InChI=1S/C12H11BrFNO3S/c1-15(7-9-4-5-18-8-9)19(16,17)10-2-3-11(13)12(14)6-10/h2-6,8H,7H2,1H3. The summed E-state index contributed by atoms with van der Waals surface area (Å²) in [5.41, 5.74) is 0.726. The summed E-state index contributed by atoms with van der Waals surface area (Å²) in [6.45, 7) is 0.163. The molecule has 0 radical (unpaired) electrons. The molecular weight excluding hydrogens is 337 g/mol. The summed E-state index contributed by atoms with van der Waals surface area (Å²) in [6, 6.07) is 5.39. The van der Waals surface area contributed by atoms with Gasteiger partial charge in [-0.2, -0.15) is 4.31 Å². The van der Waals surface area contributed by atoms with Crippen LogP contribution >= 0.6 is 15.9 Å². The summed E-state index contributed by atoms with van der Waals surface area (Å²) in [4.78, 5) is -0.0841. The van der Waals surface area contributed by atoms with E-state index in [1.54, 1.807) is 6.07 Å². The Bertz CT molecular complexity index is 670. The molecule has 7 heteroatoms. The smallest absolute Gasteiger partial charge is 0.243 e. The second kappa shape index (κ2) is 5.44. The van der Waals surface area contributed by atoms with Crippen molar-refractivity contribution < 1.29 is 17.2 Å². The van der Waals surface area contributed by atoms with Crippen LogP contribution in [0, 0.1) is 5.82 Å². The largest absolute Gasteiger partial charge is 0.472 e. The van der Waals surface area contributed by atoms with E-state index in [0.29, 0.717) is 0 Å². The number of sulfonamides is 1. The molecule has 0 unspecified atom stereocenters. The number of rotatable bonds is 4. The minimum atomic E-state index is -3.72. The van der Waals surface area contributed by atoms with Gasteiger partial charge in [-0.25, -0.2) is 12.8 Å². The van der Waals surface area contributed by atoms with Crippen LogP contribution in [-0.2, 0) is 16.6 Å². The normalized spacial score (nSPS) is 12.0. The Kier molecular flexibility index (Phi) is 4.07. The number of hydrogen-bond acceptors (Lipinski definition) is 3. The SMILES string of the molecule is CN(Cc1ccoc1)S(=O)(=O)c1ccc(Br)c(F)c1. The highest BCUT2D eigenvalue weighted by Crippen LogP contribution is 2.22. The maximum Gasteiger partial charge on any atom is 0.243 e. The van der Waals surface area contributed by atoms with Gasteiger partial charge >= 0.3 is 0 Å². The highest BCUT2D eigenvalue weighted by atomic mass is 79.9. The fourth-order valence-corrected chi connectivity index (χ4v) is 2.96. The molecule has 4 nitrogen and oxygen atoms in total. The maximum atomic E-state index is 13.4. The zero-order valence-corrected chi connectivity index (χ0v) is 12.4. The fourth-order valence-electron chi connectivity index (χ4n) is 1.54. The van der Waals surface area contributed by atoms with E-state index in [4.69, 9.17) is 4.42 Å². The van der Waals surface area contributed by atoms with E-state index in [-0.39, 0.29) is 15.9 Å². The van der Waals surface area contributed by atoms with Crippen molar-refractivity contribution >= 4 is 26.0 Å². The van der Waals surface area contributed by atoms with E-state index < -0.39 is 15.8 Å². The third-order valence-corrected chi connectivity index (χ3v) is 5.03. The molecule has 0 spiro atoms. The number of halogens is 2. The zero-order valence-electron chi connectivity index (χ0n) is 10.0. The van der Waals surface area contributed by atoms with Crippen LogP contribution in [-0.4, -0.2) is 19.8 Å². The molecule has 19 heavy (non-hydrogen) atoms. The van der Waals surface area contributed by atoms with Crippen molar-refractivity contribution in [1.29, 1.82) is 0 Å². The van der Waals surface area contributed by atoms with Gasteiger partial charge in [-0.15, -0.1) is 0 Å². The Hall–Kier alpha value is -1.18. The second-order valence-electron chi connectivity index (χ2n) is 3.97. The Morgan fingerprint density at radius 2 is 2.11 bits per heavy atom. The molecule has 0 bridgehead atoms. The van der Waals surface area contributed by atoms with Crippen molar-refractivity contribution in [3.8, 4) is 0 Å². The van der Waals surface area contributed by atoms with Crippen molar-refractivity contribution in [2.75, 3.05) is 7.05 Å². The van der Waals surface area contributed by atoms with Gasteiger partial charge in [0.15, 0.2) is 0 Å². The molecule has 0 aliphatic heterocycles. The summed E-state index contributed by atoms with van der Waals surface area (Å²) in [5.74, 6) is -0.613. The predicted octanol–water partition coefficient (Wildman–Crippen LogP) is 3.00. The first kappa shape index (κ1) is 14.2. The summed E-state index contributed by atoms with van der Waals surface area (Å²) in [7, 11) is -2.29. The van der Waals surface area contributed by atoms with E-state index in [1.165, 1.54) is 31.7 Å². The van der Waals surface area contributed by atoms with Crippen molar-refractivity contribution in [3.63, 3.8) is 0 Å². The van der Waals surface area contributed by atoms with Crippen LogP contribution < -0.4 is 0 Å². The maximum absolute atomic E-state index is 13.4. The molecule has 102 valence electrons. The highest BCUT2D eigenvalue weighted by molar-refractivity contribution is 9.10. The average Bonchev–Trinajstić information content (AvgIpc) is 2.85. The first-order valence-electron chi connectivity index (χ1n) is 5.34. The van der Waals surface area contributed by atoms with Gasteiger partial charge in [0.05, 0.1) is 21.9 Å². The second-order valence-corrected chi connectivity index (χ2v) is 6.87. The molecule has 0 saturated carbocycles. The Labute approximate surface area is 119 Å². The molecule has 1 aromatic heterocycles. The third kappa shape index (κ3) is 3.05. The van der Waals surface area contributed by atoms with Crippen molar-refractivity contribution in [2.45, 2.75) is 11.4 Å². The Balaban J connectivity index is 2.28. The summed E-state index contributed by atoms with van der Waals surface area (Å²) in [6.07, 6.45) is 2.93. The molecular formula is C12H11BrFNO3S. The van der Waals surface area contributed by atoms with Crippen molar-refractivity contribution in [1.82, 2.24) is 4.31 Å². The van der Waals surface area contributed by atoms with Crippen LogP contribution in [0.5, 0.6) is 0 Å². The monoisotopic (exact) mass is 347 g/mol. The van der Waals surface area contributed by atoms with Gasteiger partial charge in [0.1, 0.15) is 5.82 Å². The molecule has 0 aliphatic carbocycles. The lowest BCUT2D eigenvalue weighted by atomic mass is 10.3. The quantitative estimate of drug-likeness (QED) is 0.854. The lowest BCUT2D eigenvalue weighted by Gasteiger charge is -2.16. The van der Waals surface area contributed by atoms with Crippen LogP contribution in [0.25, 0.3) is 0 Å². The van der Waals surface area contributed by atoms with Gasteiger partial charge in [-0.05, 0) is 40.2 Å². The van der Waals surface area contributed by atoms with Gasteiger partial charge < -0.3 is 4.42 Å². The average molecular weight is 348 g/mol. The van der Waals surface area contributed by atoms with Crippen LogP contribution in [0.3, 0.4) is 0 Å². The van der Waals surface area contributed by atoms with E-state index >= 15 is 0 Å². The lowest BCUT2D eigenvalue weighted by molar-refractivity contribution is 0.462. The minimum absolute atomic E-state index is 0.0841. The molecule has 0 saturated heterocycles. The van der Waals surface area contributed by atoms with Gasteiger partial charge in [-0.3, -0.25) is 0 Å². The van der Waals surface area contributed by atoms with Crippen LogP contribution in [0.15, 0.2) is 50.6 Å². The van der Waals surface area contributed by atoms with E-state index in [1.807, 2.05) is 0 Å². The Morgan fingerprint density at radius 1 is 1.37 bits per heavy atom. The minimum Gasteiger partial charge on any atom is -0.472 e.